The van der Waals surface area contributed by atoms with Crippen LogP contribution in [0.4, 0.5) is 0 Å². The molecule has 1 aromatic rings. The first kappa shape index (κ1) is 13.2. The first-order chi connectivity index (χ1) is 8.70. The molecule has 1 unspecified atom stereocenters. The largest absolute Gasteiger partial charge is 0.491 e. The molecule has 1 aliphatic rings. The van der Waals surface area contributed by atoms with Gasteiger partial charge in [0.1, 0.15) is 24.7 Å². The van der Waals surface area contributed by atoms with Crippen molar-refractivity contribution in [2.45, 2.75) is 26.0 Å². The van der Waals surface area contributed by atoms with E-state index in [9.17, 15) is 0 Å². The highest BCUT2D eigenvalue weighted by molar-refractivity contribution is 5.44. The molecule has 0 aliphatic carbocycles. The van der Waals surface area contributed by atoms with Gasteiger partial charge in [0, 0.05) is 11.6 Å². The highest BCUT2D eigenvalue weighted by Crippen LogP contribution is 2.34. The summed E-state index contributed by atoms with van der Waals surface area (Å²) in [4.78, 5) is 0. The van der Waals surface area contributed by atoms with Crippen LogP contribution in [0.3, 0.4) is 0 Å². The second-order valence-electron chi connectivity index (χ2n) is 4.62. The molecule has 0 bridgehead atoms. The Labute approximate surface area is 108 Å². The summed E-state index contributed by atoms with van der Waals surface area (Å²) in [5.74, 6) is 1.74. The van der Waals surface area contributed by atoms with Crippen LogP contribution in [0.5, 0.6) is 11.5 Å². The Kier molecular flexibility index (Phi) is 4.44. The van der Waals surface area contributed by atoms with Crippen molar-refractivity contribution in [2.24, 2.45) is 0 Å². The molecule has 18 heavy (non-hydrogen) atoms. The van der Waals surface area contributed by atoms with Gasteiger partial charge in [0.05, 0.1) is 18.8 Å². The Bertz CT molecular complexity index is 393. The predicted octanol–water partition coefficient (Wildman–Crippen LogP) is 2.14. The van der Waals surface area contributed by atoms with Gasteiger partial charge in [-0.1, -0.05) is 0 Å². The smallest absolute Gasteiger partial charge is 0.127 e. The predicted molar refractivity (Wildman–Crippen MR) is 70.3 cm³/mol. The Morgan fingerprint density at radius 1 is 1.39 bits per heavy atom. The minimum atomic E-state index is 0.244. The standard InChI is InChI=1S/C14H21NO3/c1-10(2)16-6-7-17-11-4-5-12-13(15-3)9-18-14(12)8-11/h4-5,8,10,13,15H,6-7,9H2,1-3H3. The van der Waals surface area contributed by atoms with Crippen molar-refractivity contribution in [3.8, 4) is 11.5 Å². The second-order valence-corrected chi connectivity index (χ2v) is 4.62. The van der Waals surface area contributed by atoms with E-state index < -0.39 is 0 Å². The summed E-state index contributed by atoms with van der Waals surface area (Å²) >= 11 is 0. The van der Waals surface area contributed by atoms with Gasteiger partial charge in [-0.25, -0.2) is 0 Å². The fraction of sp³-hybridized carbons (Fsp3) is 0.571. The zero-order valence-corrected chi connectivity index (χ0v) is 11.2. The van der Waals surface area contributed by atoms with Crippen LogP contribution in [0.1, 0.15) is 25.5 Å². The molecule has 100 valence electrons. The maximum absolute atomic E-state index is 5.63. The average molecular weight is 251 g/mol. The summed E-state index contributed by atoms with van der Waals surface area (Å²) in [5.41, 5.74) is 1.20. The molecule has 0 fully saturated rings. The average Bonchev–Trinajstić information content (AvgIpc) is 2.76. The van der Waals surface area contributed by atoms with E-state index in [1.165, 1.54) is 5.56 Å². The summed E-state index contributed by atoms with van der Waals surface area (Å²) in [6.07, 6.45) is 0.244. The number of ether oxygens (including phenoxy) is 3. The molecule has 4 nitrogen and oxygen atoms in total. The zero-order chi connectivity index (χ0) is 13.0. The molecule has 0 aromatic heterocycles. The highest BCUT2D eigenvalue weighted by atomic mass is 16.5. The number of hydrogen-bond donors (Lipinski definition) is 1. The lowest BCUT2D eigenvalue weighted by molar-refractivity contribution is 0.0552. The molecule has 0 saturated carbocycles. The van der Waals surface area contributed by atoms with E-state index in [0.717, 1.165) is 11.5 Å². The van der Waals surface area contributed by atoms with Crippen LogP contribution in [-0.4, -0.2) is 33.0 Å². The van der Waals surface area contributed by atoms with Crippen LogP contribution in [0.2, 0.25) is 0 Å². The molecule has 1 aromatic carbocycles. The summed E-state index contributed by atoms with van der Waals surface area (Å²) < 4.78 is 16.7. The number of fused-ring (bicyclic) bond motifs is 1. The minimum absolute atomic E-state index is 0.244. The number of hydrogen-bond acceptors (Lipinski definition) is 4. The maximum Gasteiger partial charge on any atom is 0.127 e. The molecule has 0 saturated heterocycles. The lowest BCUT2D eigenvalue weighted by atomic mass is 10.1. The monoisotopic (exact) mass is 251 g/mol. The van der Waals surface area contributed by atoms with Crippen LogP contribution in [0.25, 0.3) is 0 Å². The summed E-state index contributed by atoms with van der Waals surface area (Å²) in [6.45, 7) is 5.88. The van der Waals surface area contributed by atoms with Crippen molar-refractivity contribution < 1.29 is 14.2 Å². The quantitative estimate of drug-likeness (QED) is 0.786. The summed E-state index contributed by atoms with van der Waals surface area (Å²) in [6, 6.07) is 6.27. The number of nitrogens with one attached hydrogen (secondary N) is 1. The summed E-state index contributed by atoms with van der Waals surface area (Å²) in [5, 5.41) is 3.22. The molecule has 0 radical (unpaired) electrons. The molecular formula is C14H21NO3. The van der Waals surface area contributed by atoms with Gasteiger partial charge in [-0.15, -0.1) is 0 Å². The van der Waals surface area contributed by atoms with Crippen molar-refractivity contribution in [1.82, 2.24) is 5.32 Å². The van der Waals surface area contributed by atoms with Gasteiger partial charge in [-0.3, -0.25) is 0 Å². The van der Waals surface area contributed by atoms with Crippen LogP contribution in [0.15, 0.2) is 18.2 Å². The zero-order valence-electron chi connectivity index (χ0n) is 11.2. The molecule has 0 spiro atoms. The third-order valence-electron chi connectivity index (χ3n) is 2.92. The van der Waals surface area contributed by atoms with E-state index in [0.29, 0.717) is 25.9 Å². The van der Waals surface area contributed by atoms with E-state index in [2.05, 4.69) is 11.4 Å². The van der Waals surface area contributed by atoms with Crippen molar-refractivity contribution in [2.75, 3.05) is 26.9 Å². The Morgan fingerprint density at radius 2 is 2.22 bits per heavy atom. The fourth-order valence-electron chi connectivity index (χ4n) is 1.96. The van der Waals surface area contributed by atoms with Gasteiger partial charge in [0.25, 0.3) is 0 Å². The van der Waals surface area contributed by atoms with Crippen LogP contribution >= 0.6 is 0 Å². The molecule has 1 N–H and O–H groups in total. The topological polar surface area (TPSA) is 39.7 Å². The molecule has 1 atom stereocenters. The maximum atomic E-state index is 5.63. The van der Waals surface area contributed by atoms with Crippen LogP contribution < -0.4 is 14.8 Å². The van der Waals surface area contributed by atoms with Crippen molar-refractivity contribution in [1.29, 1.82) is 0 Å². The molecular weight excluding hydrogens is 230 g/mol. The SMILES string of the molecule is CNC1COc2cc(OCCOC(C)C)ccc21. The molecule has 1 heterocycles. The normalized spacial score (nSPS) is 17.7. The van der Waals surface area contributed by atoms with Gasteiger partial charge in [0.15, 0.2) is 0 Å². The number of rotatable bonds is 6. The van der Waals surface area contributed by atoms with Crippen molar-refractivity contribution >= 4 is 0 Å². The van der Waals surface area contributed by atoms with Crippen LogP contribution in [0, 0.1) is 0 Å². The lowest BCUT2D eigenvalue weighted by Gasteiger charge is -2.10. The van der Waals surface area contributed by atoms with Gasteiger partial charge < -0.3 is 19.5 Å². The number of likely N-dealkylation sites (N-methyl/N-ethyl adjacent to an activating group) is 1. The Balaban J connectivity index is 1.88. The summed E-state index contributed by atoms with van der Waals surface area (Å²) in [7, 11) is 1.94. The minimum Gasteiger partial charge on any atom is -0.491 e. The van der Waals surface area contributed by atoms with Crippen LogP contribution in [-0.2, 0) is 4.74 Å². The van der Waals surface area contributed by atoms with E-state index in [-0.39, 0.29) is 6.10 Å². The van der Waals surface area contributed by atoms with E-state index in [1.54, 1.807) is 0 Å². The molecule has 1 aliphatic heterocycles. The third-order valence-corrected chi connectivity index (χ3v) is 2.92. The Hall–Kier alpha value is -1.26. The van der Waals surface area contributed by atoms with Gasteiger partial charge in [-0.2, -0.15) is 0 Å². The molecule has 2 rings (SSSR count). The van der Waals surface area contributed by atoms with Crippen molar-refractivity contribution in [3.05, 3.63) is 23.8 Å². The molecule has 0 amide bonds. The van der Waals surface area contributed by atoms with E-state index in [1.807, 2.05) is 33.0 Å². The molecule has 4 heteroatoms. The van der Waals surface area contributed by atoms with Gasteiger partial charge >= 0.3 is 0 Å². The second kappa shape index (κ2) is 6.07. The Morgan fingerprint density at radius 3 is 2.94 bits per heavy atom. The highest BCUT2D eigenvalue weighted by Gasteiger charge is 2.22. The third kappa shape index (κ3) is 3.15. The fourth-order valence-corrected chi connectivity index (χ4v) is 1.96. The first-order valence-corrected chi connectivity index (χ1v) is 6.39. The van der Waals surface area contributed by atoms with Crippen molar-refractivity contribution in [3.63, 3.8) is 0 Å². The van der Waals surface area contributed by atoms with E-state index in [4.69, 9.17) is 14.2 Å². The van der Waals surface area contributed by atoms with Gasteiger partial charge in [0.2, 0.25) is 0 Å². The lowest BCUT2D eigenvalue weighted by Crippen LogP contribution is -2.17. The van der Waals surface area contributed by atoms with E-state index >= 15 is 0 Å². The van der Waals surface area contributed by atoms with Gasteiger partial charge in [-0.05, 0) is 33.0 Å². The number of benzene rings is 1. The first-order valence-electron chi connectivity index (χ1n) is 6.39.